The first kappa shape index (κ1) is 8.51. The molecule has 0 aromatic rings. The average molecular weight is 152 g/mol. The Morgan fingerprint density at radius 2 is 2.09 bits per heavy atom. The van der Waals surface area contributed by atoms with Crippen molar-refractivity contribution in [2.75, 3.05) is 0 Å². The van der Waals surface area contributed by atoms with Crippen LogP contribution in [0.1, 0.15) is 33.6 Å². The number of aldehydes is 1. The van der Waals surface area contributed by atoms with Gasteiger partial charge in [0.25, 0.3) is 0 Å². The van der Waals surface area contributed by atoms with Gasteiger partial charge in [0.2, 0.25) is 0 Å². The first-order valence-corrected chi connectivity index (χ1v) is 4.13. The van der Waals surface area contributed by atoms with Crippen molar-refractivity contribution in [3.63, 3.8) is 0 Å². The molecular weight excluding hydrogens is 136 g/mol. The molecule has 1 unspecified atom stereocenters. The number of hydrogen-bond acceptors (Lipinski definition) is 1. The summed E-state index contributed by atoms with van der Waals surface area (Å²) in [6.45, 7) is 6.60. The van der Waals surface area contributed by atoms with E-state index in [0.29, 0.717) is 6.42 Å². The summed E-state index contributed by atoms with van der Waals surface area (Å²) in [5.41, 5.74) is 0.350. The number of carbonyl (C=O) groups is 1. The van der Waals surface area contributed by atoms with Crippen LogP contribution in [-0.4, -0.2) is 6.29 Å². The summed E-state index contributed by atoms with van der Waals surface area (Å²) in [6.07, 6.45) is 7.14. The minimum atomic E-state index is 0.0920. The van der Waals surface area contributed by atoms with E-state index in [2.05, 4.69) is 32.9 Å². The van der Waals surface area contributed by atoms with Crippen LogP contribution in [0.25, 0.3) is 0 Å². The molecule has 0 radical (unpaired) electrons. The molecule has 0 amide bonds. The van der Waals surface area contributed by atoms with Crippen molar-refractivity contribution in [1.29, 1.82) is 0 Å². The summed E-state index contributed by atoms with van der Waals surface area (Å²) in [4.78, 5) is 10.4. The lowest BCUT2D eigenvalue weighted by Crippen LogP contribution is -2.29. The fourth-order valence-electron chi connectivity index (χ4n) is 1.59. The standard InChI is InChI=1S/C10H16O/c1-9(2)5-4-6-10(9,3)7-8-11/h4,6,8H,5,7H2,1-3H3. The summed E-state index contributed by atoms with van der Waals surface area (Å²) >= 11 is 0. The first-order chi connectivity index (χ1) is 5.02. The second-order valence-electron chi connectivity index (χ2n) is 4.28. The van der Waals surface area contributed by atoms with Crippen molar-refractivity contribution in [3.8, 4) is 0 Å². The van der Waals surface area contributed by atoms with Crippen LogP contribution in [0.15, 0.2) is 12.2 Å². The topological polar surface area (TPSA) is 17.1 Å². The minimum absolute atomic E-state index is 0.0920. The Morgan fingerprint density at radius 1 is 1.45 bits per heavy atom. The van der Waals surface area contributed by atoms with Gasteiger partial charge in [-0.15, -0.1) is 0 Å². The van der Waals surface area contributed by atoms with Crippen molar-refractivity contribution < 1.29 is 4.79 Å². The highest BCUT2D eigenvalue weighted by Gasteiger charge is 2.40. The van der Waals surface area contributed by atoms with Crippen LogP contribution in [-0.2, 0) is 4.79 Å². The maximum atomic E-state index is 10.4. The predicted molar refractivity (Wildman–Crippen MR) is 46.3 cm³/mol. The summed E-state index contributed by atoms with van der Waals surface area (Å²) in [7, 11) is 0. The van der Waals surface area contributed by atoms with Gasteiger partial charge >= 0.3 is 0 Å². The van der Waals surface area contributed by atoms with Gasteiger partial charge in [-0.2, -0.15) is 0 Å². The molecule has 1 heteroatoms. The van der Waals surface area contributed by atoms with Gasteiger partial charge < -0.3 is 4.79 Å². The largest absolute Gasteiger partial charge is 0.303 e. The lowest BCUT2D eigenvalue weighted by molar-refractivity contribution is -0.110. The predicted octanol–water partition coefficient (Wildman–Crippen LogP) is 2.57. The number of rotatable bonds is 2. The van der Waals surface area contributed by atoms with Gasteiger partial charge in [-0.3, -0.25) is 0 Å². The second-order valence-corrected chi connectivity index (χ2v) is 4.28. The molecular formula is C10H16O. The Bertz CT molecular complexity index is 191. The van der Waals surface area contributed by atoms with E-state index in [1.165, 1.54) is 0 Å². The molecule has 0 spiro atoms. The monoisotopic (exact) mass is 152 g/mol. The third-order valence-corrected chi connectivity index (χ3v) is 3.17. The molecule has 1 atom stereocenters. The third-order valence-electron chi connectivity index (χ3n) is 3.17. The van der Waals surface area contributed by atoms with Gasteiger partial charge in [-0.05, 0) is 17.3 Å². The number of allylic oxidation sites excluding steroid dienone is 2. The summed E-state index contributed by atoms with van der Waals surface area (Å²) in [5.74, 6) is 0. The van der Waals surface area contributed by atoms with E-state index < -0.39 is 0 Å². The van der Waals surface area contributed by atoms with Gasteiger partial charge in [0.05, 0.1) is 0 Å². The van der Waals surface area contributed by atoms with Crippen LogP contribution >= 0.6 is 0 Å². The van der Waals surface area contributed by atoms with Crippen LogP contribution in [0.4, 0.5) is 0 Å². The molecule has 1 aliphatic rings. The molecule has 1 nitrogen and oxygen atoms in total. The molecule has 0 aliphatic heterocycles. The normalized spacial score (nSPS) is 34.1. The zero-order valence-corrected chi connectivity index (χ0v) is 7.55. The molecule has 0 heterocycles. The highest BCUT2D eigenvalue weighted by molar-refractivity contribution is 5.52. The number of hydrogen-bond donors (Lipinski definition) is 0. The van der Waals surface area contributed by atoms with E-state index in [-0.39, 0.29) is 10.8 Å². The van der Waals surface area contributed by atoms with E-state index in [9.17, 15) is 4.79 Å². The Labute approximate surface area is 68.5 Å². The van der Waals surface area contributed by atoms with Gasteiger partial charge in [0, 0.05) is 6.42 Å². The smallest absolute Gasteiger partial charge is 0.120 e. The van der Waals surface area contributed by atoms with Crippen molar-refractivity contribution in [2.24, 2.45) is 10.8 Å². The first-order valence-electron chi connectivity index (χ1n) is 4.13. The SMILES string of the molecule is CC1(C)CC=CC1(C)CC=O. The highest BCUT2D eigenvalue weighted by atomic mass is 16.1. The fourth-order valence-corrected chi connectivity index (χ4v) is 1.59. The molecule has 0 N–H and O–H groups in total. The van der Waals surface area contributed by atoms with Gasteiger partial charge in [-0.1, -0.05) is 32.9 Å². The number of carbonyl (C=O) groups excluding carboxylic acids is 1. The maximum absolute atomic E-state index is 10.4. The molecule has 0 saturated carbocycles. The van der Waals surface area contributed by atoms with E-state index >= 15 is 0 Å². The molecule has 0 aromatic heterocycles. The zero-order chi connectivity index (χ0) is 8.54. The average Bonchev–Trinajstić information content (AvgIpc) is 2.09. The molecule has 1 aliphatic carbocycles. The lowest BCUT2D eigenvalue weighted by Gasteiger charge is -2.36. The van der Waals surface area contributed by atoms with Crippen LogP contribution in [0.3, 0.4) is 0 Å². The van der Waals surface area contributed by atoms with Crippen molar-refractivity contribution in [3.05, 3.63) is 12.2 Å². The van der Waals surface area contributed by atoms with Crippen LogP contribution in [0.2, 0.25) is 0 Å². The summed E-state index contributed by atoms with van der Waals surface area (Å²) in [5, 5.41) is 0. The summed E-state index contributed by atoms with van der Waals surface area (Å²) in [6, 6.07) is 0. The molecule has 62 valence electrons. The van der Waals surface area contributed by atoms with Gasteiger partial charge in [0.1, 0.15) is 6.29 Å². The molecule has 0 saturated heterocycles. The van der Waals surface area contributed by atoms with E-state index in [1.54, 1.807) is 0 Å². The molecule has 0 aromatic carbocycles. The fraction of sp³-hybridized carbons (Fsp3) is 0.700. The van der Waals surface area contributed by atoms with E-state index in [4.69, 9.17) is 0 Å². The van der Waals surface area contributed by atoms with Crippen LogP contribution in [0, 0.1) is 10.8 Å². The van der Waals surface area contributed by atoms with Crippen molar-refractivity contribution in [2.45, 2.75) is 33.6 Å². The van der Waals surface area contributed by atoms with Gasteiger partial charge in [-0.25, -0.2) is 0 Å². The highest BCUT2D eigenvalue weighted by Crippen LogP contribution is 2.49. The maximum Gasteiger partial charge on any atom is 0.120 e. The Morgan fingerprint density at radius 3 is 2.45 bits per heavy atom. The molecule has 0 fully saturated rings. The van der Waals surface area contributed by atoms with Crippen molar-refractivity contribution >= 4 is 6.29 Å². The van der Waals surface area contributed by atoms with E-state index in [1.807, 2.05) is 0 Å². The lowest BCUT2D eigenvalue weighted by atomic mass is 9.67. The van der Waals surface area contributed by atoms with Crippen LogP contribution in [0.5, 0.6) is 0 Å². The van der Waals surface area contributed by atoms with Crippen molar-refractivity contribution in [1.82, 2.24) is 0 Å². The minimum Gasteiger partial charge on any atom is -0.303 e. The van der Waals surface area contributed by atoms with Crippen LogP contribution < -0.4 is 0 Å². The Balaban J connectivity index is 2.83. The van der Waals surface area contributed by atoms with Gasteiger partial charge in [0.15, 0.2) is 0 Å². The molecule has 11 heavy (non-hydrogen) atoms. The Kier molecular flexibility index (Phi) is 1.91. The van der Waals surface area contributed by atoms with E-state index in [0.717, 1.165) is 12.7 Å². The second kappa shape index (κ2) is 2.47. The Hall–Kier alpha value is -0.590. The third kappa shape index (κ3) is 1.24. The summed E-state index contributed by atoms with van der Waals surface area (Å²) < 4.78 is 0. The molecule has 0 bridgehead atoms. The zero-order valence-electron chi connectivity index (χ0n) is 7.55. The molecule has 1 rings (SSSR count). The quantitative estimate of drug-likeness (QED) is 0.439.